The Morgan fingerprint density at radius 2 is 2.04 bits per heavy atom. The molecule has 2 aromatic heterocycles. The summed E-state index contributed by atoms with van der Waals surface area (Å²) in [6, 6.07) is 9.06. The molecule has 3 aromatic rings. The van der Waals surface area contributed by atoms with E-state index in [9.17, 15) is 0 Å². The minimum Gasteiger partial charge on any atom is -0.384 e. The first-order valence-corrected chi connectivity index (χ1v) is 8.81. The Balaban J connectivity index is 0.00000182. The molecular formula is C19H26ClN5. The molecule has 1 N–H and O–H groups in total. The van der Waals surface area contributed by atoms with Crippen LogP contribution in [-0.2, 0) is 7.05 Å². The maximum absolute atomic E-state index is 4.81. The Morgan fingerprint density at radius 1 is 1.24 bits per heavy atom. The van der Waals surface area contributed by atoms with Crippen LogP contribution in [0.25, 0.3) is 21.9 Å². The molecule has 1 aliphatic rings. The van der Waals surface area contributed by atoms with Gasteiger partial charge in [-0.25, -0.2) is 4.98 Å². The number of nitrogens with one attached hydrogen (secondary N) is 1. The molecule has 0 aliphatic carbocycles. The number of aromatic nitrogens is 3. The van der Waals surface area contributed by atoms with E-state index in [1.165, 1.54) is 36.9 Å². The molecule has 25 heavy (non-hydrogen) atoms. The molecule has 1 atom stereocenters. The summed E-state index contributed by atoms with van der Waals surface area (Å²) >= 11 is 0. The molecule has 1 aromatic carbocycles. The molecule has 0 bridgehead atoms. The van der Waals surface area contributed by atoms with Gasteiger partial charge < -0.3 is 10.2 Å². The normalized spacial score (nSPS) is 18.0. The van der Waals surface area contributed by atoms with Crippen molar-refractivity contribution in [1.82, 2.24) is 19.7 Å². The lowest BCUT2D eigenvalue weighted by atomic mass is 10.1. The molecule has 6 heteroatoms. The number of nitrogens with zero attached hydrogens (tertiary/aromatic N) is 4. The van der Waals surface area contributed by atoms with E-state index < -0.39 is 0 Å². The number of benzene rings is 1. The van der Waals surface area contributed by atoms with E-state index in [-0.39, 0.29) is 12.4 Å². The molecule has 1 unspecified atom stereocenters. The maximum atomic E-state index is 4.81. The number of hydrogen-bond donors (Lipinski definition) is 1. The lowest BCUT2D eigenvalue weighted by Crippen LogP contribution is -2.27. The zero-order chi connectivity index (χ0) is 16.7. The topological polar surface area (TPSA) is 46.0 Å². The fourth-order valence-corrected chi connectivity index (χ4v) is 3.99. The number of likely N-dealkylation sites (tertiary alicyclic amines) is 1. The number of para-hydroxylation sites is 1. The van der Waals surface area contributed by atoms with Crippen molar-refractivity contribution in [3.05, 3.63) is 30.0 Å². The SMILES string of the molecule is Cc1nn(C)c2nc3ccccc3c(NCCC3CCCN3C)c12.Cl. The predicted molar refractivity (Wildman–Crippen MR) is 107 cm³/mol. The largest absolute Gasteiger partial charge is 0.384 e. The maximum Gasteiger partial charge on any atom is 0.160 e. The first-order chi connectivity index (χ1) is 11.6. The van der Waals surface area contributed by atoms with E-state index >= 15 is 0 Å². The summed E-state index contributed by atoms with van der Waals surface area (Å²) in [6.07, 6.45) is 3.82. The minimum atomic E-state index is 0. The number of aryl methyl sites for hydroxylation is 2. The van der Waals surface area contributed by atoms with Gasteiger partial charge in [-0.2, -0.15) is 5.10 Å². The minimum absolute atomic E-state index is 0. The predicted octanol–water partition coefficient (Wildman–Crippen LogP) is 3.75. The van der Waals surface area contributed by atoms with Crippen molar-refractivity contribution in [3.8, 4) is 0 Å². The zero-order valence-electron chi connectivity index (χ0n) is 15.1. The highest BCUT2D eigenvalue weighted by Crippen LogP contribution is 2.32. The van der Waals surface area contributed by atoms with Crippen LogP contribution in [0.3, 0.4) is 0 Å². The lowest BCUT2D eigenvalue weighted by Gasteiger charge is -2.20. The van der Waals surface area contributed by atoms with Crippen LogP contribution in [0.5, 0.6) is 0 Å². The van der Waals surface area contributed by atoms with Gasteiger partial charge in [0.1, 0.15) is 0 Å². The number of pyridine rings is 1. The van der Waals surface area contributed by atoms with E-state index in [1.807, 2.05) is 17.8 Å². The molecule has 0 saturated carbocycles. The molecule has 1 aliphatic heterocycles. The fourth-order valence-electron chi connectivity index (χ4n) is 3.99. The third-order valence-corrected chi connectivity index (χ3v) is 5.29. The first kappa shape index (κ1) is 18.0. The molecule has 0 spiro atoms. The number of hydrogen-bond acceptors (Lipinski definition) is 4. The quantitative estimate of drug-likeness (QED) is 0.770. The van der Waals surface area contributed by atoms with Crippen LogP contribution in [0.2, 0.25) is 0 Å². The molecule has 0 amide bonds. The van der Waals surface area contributed by atoms with Crippen molar-refractivity contribution in [2.75, 3.05) is 25.5 Å². The van der Waals surface area contributed by atoms with Gasteiger partial charge in [-0.3, -0.25) is 4.68 Å². The van der Waals surface area contributed by atoms with Crippen LogP contribution in [-0.4, -0.2) is 45.8 Å². The van der Waals surface area contributed by atoms with Crippen molar-refractivity contribution in [2.45, 2.75) is 32.2 Å². The van der Waals surface area contributed by atoms with Gasteiger partial charge in [-0.15, -0.1) is 12.4 Å². The summed E-state index contributed by atoms with van der Waals surface area (Å²) < 4.78 is 1.88. The Hall–Kier alpha value is -1.85. The summed E-state index contributed by atoms with van der Waals surface area (Å²) in [5.74, 6) is 0. The van der Waals surface area contributed by atoms with Crippen LogP contribution < -0.4 is 5.32 Å². The Labute approximate surface area is 154 Å². The molecule has 4 rings (SSSR count). The summed E-state index contributed by atoms with van der Waals surface area (Å²) in [4.78, 5) is 7.29. The standard InChI is InChI=1S/C19H25N5.ClH/c1-13-17-18(20-11-10-14-7-6-12-23(14)2)15-8-4-5-9-16(15)21-19(17)24(3)22-13;/h4-5,8-9,14H,6-7,10-12H2,1-3H3,(H,20,21);1H. The lowest BCUT2D eigenvalue weighted by molar-refractivity contribution is 0.301. The number of anilines is 1. The molecule has 3 heterocycles. The van der Waals surface area contributed by atoms with Gasteiger partial charge in [0, 0.05) is 25.0 Å². The molecule has 0 radical (unpaired) electrons. The number of halogens is 1. The van der Waals surface area contributed by atoms with Gasteiger partial charge in [-0.1, -0.05) is 18.2 Å². The van der Waals surface area contributed by atoms with Gasteiger partial charge in [-0.05, 0) is 45.8 Å². The second-order valence-electron chi connectivity index (χ2n) is 6.90. The monoisotopic (exact) mass is 359 g/mol. The average Bonchev–Trinajstić information content (AvgIpc) is 3.10. The van der Waals surface area contributed by atoms with Crippen LogP contribution in [0.4, 0.5) is 5.69 Å². The summed E-state index contributed by atoms with van der Waals surface area (Å²) in [5.41, 5.74) is 4.19. The van der Waals surface area contributed by atoms with Crippen molar-refractivity contribution in [2.24, 2.45) is 7.05 Å². The number of fused-ring (bicyclic) bond motifs is 2. The van der Waals surface area contributed by atoms with Gasteiger partial charge in [0.2, 0.25) is 0 Å². The zero-order valence-corrected chi connectivity index (χ0v) is 15.9. The van der Waals surface area contributed by atoms with Crippen LogP contribution in [0.15, 0.2) is 24.3 Å². The smallest absolute Gasteiger partial charge is 0.160 e. The molecular weight excluding hydrogens is 334 g/mol. The van der Waals surface area contributed by atoms with E-state index in [1.54, 1.807) is 0 Å². The Morgan fingerprint density at radius 3 is 2.80 bits per heavy atom. The van der Waals surface area contributed by atoms with Crippen LogP contribution >= 0.6 is 12.4 Å². The second-order valence-corrected chi connectivity index (χ2v) is 6.90. The average molecular weight is 360 g/mol. The number of rotatable bonds is 4. The van der Waals surface area contributed by atoms with E-state index in [4.69, 9.17) is 4.98 Å². The van der Waals surface area contributed by atoms with Gasteiger partial charge >= 0.3 is 0 Å². The molecule has 1 saturated heterocycles. The van der Waals surface area contributed by atoms with Crippen LogP contribution in [0.1, 0.15) is 25.0 Å². The van der Waals surface area contributed by atoms with Gasteiger partial charge in [0.25, 0.3) is 0 Å². The van der Waals surface area contributed by atoms with Crippen molar-refractivity contribution < 1.29 is 0 Å². The fraction of sp³-hybridized carbons (Fsp3) is 0.474. The molecule has 134 valence electrons. The van der Waals surface area contributed by atoms with Crippen molar-refractivity contribution in [1.29, 1.82) is 0 Å². The van der Waals surface area contributed by atoms with Crippen molar-refractivity contribution >= 4 is 40.0 Å². The van der Waals surface area contributed by atoms with E-state index in [2.05, 4.69) is 47.5 Å². The first-order valence-electron chi connectivity index (χ1n) is 8.81. The summed E-state index contributed by atoms with van der Waals surface area (Å²) in [7, 11) is 4.21. The highest BCUT2D eigenvalue weighted by molar-refractivity contribution is 6.07. The highest BCUT2D eigenvalue weighted by Gasteiger charge is 2.21. The molecule has 1 fully saturated rings. The summed E-state index contributed by atoms with van der Waals surface area (Å²) in [6.45, 7) is 4.27. The summed E-state index contributed by atoms with van der Waals surface area (Å²) in [5, 5.41) is 10.6. The third-order valence-electron chi connectivity index (χ3n) is 5.29. The second kappa shape index (κ2) is 7.18. The molecule has 5 nitrogen and oxygen atoms in total. The van der Waals surface area contributed by atoms with Crippen molar-refractivity contribution in [3.63, 3.8) is 0 Å². The third kappa shape index (κ3) is 3.18. The van der Waals surface area contributed by atoms with Gasteiger partial charge in [0.15, 0.2) is 5.65 Å². The highest BCUT2D eigenvalue weighted by atomic mass is 35.5. The van der Waals surface area contributed by atoms with Gasteiger partial charge in [0.05, 0.1) is 22.3 Å². The Kier molecular flexibility index (Phi) is 5.16. The van der Waals surface area contributed by atoms with Crippen LogP contribution in [0, 0.1) is 6.92 Å². The van der Waals surface area contributed by atoms with E-state index in [0.717, 1.165) is 28.8 Å². The Bertz CT molecular complexity index is 888. The van der Waals surface area contributed by atoms with E-state index in [0.29, 0.717) is 6.04 Å².